The van der Waals surface area contributed by atoms with Gasteiger partial charge in [0.1, 0.15) is 5.82 Å². The van der Waals surface area contributed by atoms with Crippen molar-refractivity contribution in [3.63, 3.8) is 0 Å². The van der Waals surface area contributed by atoms with Gasteiger partial charge in [0.25, 0.3) is 0 Å². The Bertz CT molecular complexity index is 566. The molecular weight excluding hydrogens is 266 g/mol. The van der Waals surface area contributed by atoms with Crippen LogP contribution in [0.4, 0.5) is 0 Å². The average molecular weight is 287 g/mol. The van der Waals surface area contributed by atoms with E-state index < -0.39 is 5.97 Å². The monoisotopic (exact) mass is 287 g/mol. The summed E-state index contributed by atoms with van der Waals surface area (Å²) in [7, 11) is 1.99. The lowest BCUT2D eigenvalue weighted by molar-refractivity contribution is -0.137. The number of nitrogens with zero attached hydrogens (tertiary/aromatic N) is 3. The van der Waals surface area contributed by atoms with E-state index in [2.05, 4.69) is 26.6 Å². The van der Waals surface area contributed by atoms with E-state index in [-0.39, 0.29) is 6.42 Å². The van der Waals surface area contributed by atoms with Gasteiger partial charge in [-0.15, -0.1) is 0 Å². The molecule has 0 bridgehead atoms. The van der Waals surface area contributed by atoms with Crippen LogP contribution in [-0.4, -0.2) is 39.1 Å². The van der Waals surface area contributed by atoms with Crippen LogP contribution in [0.3, 0.4) is 0 Å². The van der Waals surface area contributed by atoms with Crippen LogP contribution in [0, 0.1) is 0 Å². The smallest absolute Gasteiger partial charge is 0.303 e. The van der Waals surface area contributed by atoms with E-state index in [4.69, 9.17) is 5.11 Å². The number of hydrogen-bond donors (Lipinski definition) is 1. The van der Waals surface area contributed by atoms with Crippen molar-refractivity contribution in [2.24, 2.45) is 0 Å². The minimum Gasteiger partial charge on any atom is -0.481 e. The predicted octanol–water partition coefficient (Wildman–Crippen LogP) is 2.23. The summed E-state index contributed by atoms with van der Waals surface area (Å²) in [4.78, 5) is 17.0. The lowest BCUT2D eigenvalue weighted by atomic mass is 10.2. The summed E-state index contributed by atoms with van der Waals surface area (Å²) in [5.74, 6) is 0.255. The number of imidazole rings is 1. The summed E-state index contributed by atoms with van der Waals surface area (Å²) in [6.45, 7) is 2.28. The summed E-state index contributed by atoms with van der Waals surface area (Å²) in [5, 5.41) is 8.66. The number of rotatable bonds is 8. The molecule has 1 aromatic heterocycles. The molecule has 21 heavy (non-hydrogen) atoms. The average Bonchev–Trinajstić information content (AvgIpc) is 2.86. The second-order valence-electron chi connectivity index (χ2n) is 5.19. The number of carboxylic acid groups (broad SMARTS) is 1. The highest BCUT2D eigenvalue weighted by Crippen LogP contribution is 2.07. The van der Waals surface area contributed by atoms with Gasteiger partial charge in [-0.3, -0.25) is 9.69 Å². The molecule has 1 heterocycles. The molecule has 0 spiro atoms. The molecule has 2 aromatic rings. The summed E-state index contributed by atoms with van der Waals surface area (Å²) in [5.41, 5.74) is 1.24. The van der Waals surface area contributed by atoms with Crippen molar-refractivity contribution in [1.82, 2.24) is 14.5 Å². The fourth-order valence-corrected chi connectivity index (χ4v) is 2.24. The molecule has 0 fully saturated rings. The number of carboxylic acids is 1. The van der Waals surface area contributed by atoms with Gasteiger partial charge in [0, 0.05) is 25.4 Å². The van der Waals surface area contributed by atoms with E-state index in [1.807, 2.05) is 37.6 Å². The molecule has 0 unspecified atom stereocenters. The SMILES string of the molecule is CN(CCCC(=O)O)Cc1nccn1Cc1ccccc1. The molecule has 0 saturated carbocycles. The Morgan fingerprint density at radius 2 is 2.10 bits per heavy atom. The second kappa shape index (κ2) is 7.59. The largest absolute Gasteiger partial charge is 0.481 e. The highest BCUT2D eigenvalue weighted by atomic mass is 16.4. The number of carbonyl (C=O) groups is 1. The van der Waals surface area contributed by atoms with Crippen LogP contribution >= 0.6 is 0 Å². The first-order valence-corrected chi connectivity index (χ1v) is 7.09. The van der Waals surface area contributed by atoms with Crippen LogP contribution in [0.2, 0.25) is 0 Å². The fourth-order valence-electron chi connectivity index (χ4n) is 2.24. The molecule has 0 aliphatic heterocycles. The molecule has 0 aliphatic rings. The van der Waals surface area contributed by atoms with E-state index in [9.17, 15) is 4.79 Å². The normalized spacial score (nSPS) is 11.0. The number of hydrogen-bond acceptors (Lipinski definition) is 3. The molecule has 1 N–H and O–H groups in total. The molecule has 5 heteroatoms. The van der Waals surface area contributed by atoms with Crippen LogP contribution in [0.1, 0.15) is 24.2 Å². The summed E-state index contributed by atoms with van der Waals surface area (Å²) in [6, 6.07) is 10.3. The zero-order valence-corrected chi connectivity index (χ0v) is 12.3. The molecule has 1 aromatic carbocycles. The van der Waals surface area contributed by atoms with E-state index in [0.29, 0.717) is 6.42 Å². The lowest BCUT2D eigenvalue weighted by Gasteiger charge is -2.16. The van der Waals surface area contributed by atoms with Gasteiger partial charge in [0.15, 0.2) is 0 Å². The van der Waals surface area contributed by atoms with Gasteiger partial charge >= 0.3 is 5.97 Å². The third kappa shape index (κ3) is 5.04. The minimum absolute atomic E-state index is 0.211. The first-order chi connectivity index (χ1) is 10.1. The molecule has 2 rings (SSSR count). The van der Waals surface area contributed by atoms with Gasteiger partial charge in [0.05, 0.1) is 6.54 Å². The van der Waals surface area contributed by atoms with Crippen LogP contribution < -0.4 is 0 Å². The van der Waals surface area contributed by atoms with E-state index in [1.54, 1.807) is 0 Å². The molecule has 0 atom stereocenters. The first kappa shape index (κ1) is 15.3. The van der Waals surface area contributed by atoms with E-state index in [0.717, 1.165) is 25.5 Å². The maximum absolute atomic E-state index is 10.5. The molecule has 0 radical (unpaired) electrons. The first-order valence-electron chi connectivity index (χ1n) is 7.09. The molecule has 0 aliphatic carbocycles. The third-order valence-corrected chi connectivity index (χ3v) is 3.34. The Labute approximate surface area is 124 Å². The Balaban J connectivity index is 1.89. The zero-order chi connectivity index (χ0) is 15.1. The molecule has 5 nitrogen and oxygen atoms in total. The Morgan fingerprint density at radius 1 is 1.33 bits per heavy atom. The van der Waals surface area contributed by atoms with Crippen molar-refractivity contribution in [3.05, 3.63) is 54.1 Å². The van der Waals surface area contributed by atoms with Crippen LogP contribution in [0.25, 0.3) is 0 Å². The number of aromatic nitrogens is 2. The van der Waals surface area contributed by atoms with Gasteiger partial charge in [-0.1, -0.05) is 30.3 Å². The quantitative estimate of drug-likeness (QED) is 0.809. The van der Waals surface area contributed by atoms with E-state index in [1.165, 1.54) is 5.56 Å². The van der Waals surface area contributed by atoms with Crippen LogP contribution in [-0.2, 0) is 17.9 Å². The molecule has 0 saturated heterocycles. The third-order valence-electron chi connectivity index (χ3n) is 3.34. The number of benzene rings is 1. The maximum atomic E-state index is 10.5. The number of aliphatic carboxylic acids is 1. The highest BCUT2D eigenvalue weighted by Gasteiger charge is 2.07. The molecule has 112 valence electrons. The van der Waals surface area contributed by atoms with Gasteiger partial charge in [-0.2, -0.15) is 0 Å². The lowest BCUT2D eigenvalue weighted by Crippen LogP contribution is -2.22. The fraction of sp³-hybridized carbons (Fsp3) is 0.375. The predicted molar refractivity (Wildman–Crippen MR) is 81.0 cm³/mol. The Morgan fingerprint density at radius 3 is 2.81 bits per heavy atom. The summed E-state index contributed by atoms with van der Waals surface area (Å²) >= 11 is 0. The molecule has 0 amide bonds. The van der Waals surface area contributed by atoms with Crippen molar-refractivity contribution < 1.29 is 9.90 Å². The van der Waals surface area contributed by atoms with Crippen molar-refractivity contribution in [2.75, 3.05) is 13.6 Å². The highest BCUT2D eigenvalue weighted by molar-refractivity contribution is 5.66. The van der Waals surface area contributed by atoms with Crippen molar-refractivity contribution in [2.45, 2.75) is 25.9 Å². The second-order valence-corrected chi connectivity index (χ2v) is 5.19. The topological polar surface area (TPSA) is 58.4 Å². The van der Waals surface area contributed by atoms with Gasteiger partial charge in [-0.25, -0.2) is 4.98 Å². The summed E-state index contributed by atoms with van der Waals surface area (Å²) in [6.07, 6.45) is 4.66. The Kier molecular flexibility index (Phi) is 5.51. The minimum atomic E-state index is -0.742. The van der Waals surface area contributed by atoms with Crippen molar-refractivity contribution in [3.8, 4) is 0 Å². The standard InChI is InChI=1S/C16H21N3O2/c1-18(10-5-8-16(20)21)13-15-17-9-11-19(15)12-14-6-3-2-4-7-14/h2-4,6-7,9,11H,5,8,10,12-13H2,1H3,(H,20,21). The zero-order valence-electron chi connectivity index (χ0n) is 12.3. The van der Waals surface area contributed by atoms with Crippen LogP contribution in [0.5, 0.6) is 0 Å². The van der Waals surface area contributed by atoms with Crippen LogP contribution in [0.15, 0.2) is 42.7 Å². The van der Waals surface area contributed by atoms with Crippen molar-refractivity contribution in [1.29, 1.82) is 0 Å². The van der Waals surface area contributed by atoms with Crippen molar-refractivity contribution >= 4 is 5.97 Å². The van der Waals surface area contributed by atoms with E-state index >= 15 is 0 Å². The van der Waals surface area contributed by atoms with Gasteiger partial charge < -0.3 is 9.67 Å². The summed E-state index contributed by atoms with van der Waals surface area (Å²) < 4.78 is 2.13. The molecular formula is C16H21N3O2. The van der Waals surface area contributed by atoms with Gasteiger partial charge in [0.2, 0.25) is 0 Å². The maximum Gasteiger partial charge on any atom is 0.303 e. The Hall–Kier alpha value is -2.14. The van der Waals surface area contributed by atoms with Gasteiger partial charge in [-0.05, 0) is 25.6 Å².